The van der Waals surface area contributed by atoms with Gasteiger partial charge in [-0.3, -0.25) is 19.4 Å². The first-order valence-electron chi connectivity index (χ1n) is 18.6. The van der Waals surface area contributed by atoms with Gasteiger partial charge in [0.2, 0.25) is 0 Å². The van der Waals surface area contributed by atoms with Gasteiger partial charge in [-0.1, -0.05) is 102 Å². The SMILES string of the molecule is COc1ccc(/C=C2\N=C(c3ccc(C(C)(C)C)cc3)N(CCN3C(=O)/C(=C\c4ccc(OC)c(OC)c4)N=C3c3ccc(C(C)(C)C)cc3)C2=O)cc1OC. The predicted octanol–water partition coefficient (Wildman–Crippen LogP) is 8.28. The highest BCUT2D eigenvalue weighted by molar-refractivity contribution is 6.21. The Morgan fingerprint density at radius 3 is 1.14 bits per heavy atom. The number of carbonyl (C=O) groups is 2. The van der Waals surface area contributed by atoms with Crippen molar-refractivity contribution < 1.29 is 28.5 Å². The Morgan fingerprint density at radius 2 is 0.839 bits per heavy atom. The van der Waals surface area contributed by atoms with Crippen LogP contribution in [0.3, 0.4) is 0 Å². The molecular weight excluding hydrogens is 705 g/mol. The second kappa shape index (κ2) is 15.9. The normalized spacial score (nSPS) is 16.1. The van der Waals surface area contributed by atoms with Gasteiger partial charge in [-0.25, -0.2) is 9.98 Å². The smallest absolute Gasteiger partial charge is 0.278 e. The second-order valence-electron chi connectivity index (χ2n) is 15.7. The number of amides is 2. The van der Waals surface area contributed by atoms with E-state index >= 15 is 0 Å². The number of hydrogen-bond acceptors (Lipinski definition) is 8. The topological polar surface area (TPSA) is 102 Å². The fourth-order valence-corrected chi connectivity index (χ4v) is 6.60. The fraction of sp³-hybridized carbons (Fsp3) is 0.304. The van der Waals surface area contributed by atoms with Crippen molar-refractivity contribution >= 4 is 35.6 Å². The summed E-state index contributed by atoms with van der Waals surface area (Å²) in [6.45, 7) is 13.3. The van der Waals surface area contributed by atoms with Gasteiger partial charge in [-0.05, 0) is 69.5 Å². The molecule has 6 rings (SSSR count). The first-order valence-corrected chi connectivity index (χ1v) is 18.6. The minimum absolute atomic E-state index is 0.0525. The van der Waals surface area contributed by atoms with Crippen LogP contribution in [0.5, 0.6) is 23.0 Å². The van der Waals surface area contributed by atoms with E-state index < -0.39 is 0 Å². The number of carbonyl (C=O) groups excluding carboxylic acids is 2. The van der Waals surface area contributed by atoms with Crippen LogP contribution in [0.2, 0.25) is 0 Å². The van der Waals surface area contributed by atoms with E-state index in [0.29, 0.717) is 34.7 Å². The van der Waals surface area contributed by atoms with Crippen LogP contribution in [0.15, 0.2) is 106 Å². The van der Waals surface area contributed by atoms with Crippen LogP contribution in [0, 0.1) is 0 Å². The molecule has 0 bridgehead atoms. The zero-order valence-electron chi connectivity index (χ0n) is 33.9. The van der Waals surface area contributed by atoms with Crippen molar-refractivity contribution in [3.05, 3.63) is 130 Å². The van der Waals surface area contributed by atoms with E-state index in [0.717, 1.165) is 33.4 Å². The molecule has 0 spiro atoms. The van der Waals surface area contributed by atoms with Crippen LogP contribution < -0.4 is 18.9 Å². The Balaban J connectivity index is 1.37. The molecule has 2 heterocycles. The van der Waals surface area contributed by atoms with Gasteiger partial charge in [0, 0.05) is 24.2 Å². The van der Waals surface area contributed by atoms with E-state index in [1.54, 1.807) is 74.7 Å². The van der Waals surface area contributed by atoms with Crippen LogP contribution in [0.1, 0.15) is 74.9 Å². The lowest BCUT2D eigenvalue weighted by Gasteiger charge is -2.25. The van der Waals surface area contributed by atoms with Gasteiger partial charge in [0.05, 0.1) is 28.4 Å². The van der Waals surface area contributed by atoms with E-state index in [1.807, 2.05) is 36.4 Å². The summed E-state index contributed by atoms with van der Waals surface area (Å²) in [6, 6.07) is 27.1. The molecular formula is C46H50N4O6. The van der Waals surface area contributed by atoms with Crippen LogP contribution in [0.25, 0.3) is 12.2 Å². The third-order valence-electron chi connectivity index (χ3n) is 9.88. The molecule has 2 aliphatic rings. The molecule has 0 fully saturated rings. The lowest BCUT2D eigenvalue weighted by atomic mass is 9.86. The maximum atomic E-state index is 14.3. The minimum atomic E-state index is -0.282. The van der Waals surface area contributed by atoms with Crippen LogP contribution in [-0.4, -0.2) is 74.8 Å². The summed E-state index contributed by atoms with van der Waals surface area (Å²) >= 11 is 0. The molecule has 290 valence electrons. The van der Waals surface area contributed by atoms with Gasteiger partial charge >= 0.3 is 0 Å². The van der Waals surface area contributed by atoms with Crippen LogP contribution >= 0.6 is 0 Å². The molecule has 0 saturated heterocycles. The van der Waals surface area contributed by atoms with Gasteiger partial charge in [0.15, 0.2) is 23.0 Å². The van der Waals surface area contributed by atoms with Crippen LogP contribution in [0.4, 0.5) is 0 Å². The van der Waals surface area contributed by atoms with Crippen molar-refractivity contribution in [2.75, 3.05) is 41.5 Å². The molecule has 10 heteroatoms. The summed E-state index contributed by atoms with van der Waals surface area (Å²) in [5.74, 6) is 2.68. The van der Waals surface area contributed by atoms with Gasteiger partial charge < -0.3 is 18.9 Å². The average molecular weight is 755 g/mol. The van der Waals surface area contributed by atoms with E-state index in [-0.39, 0.29) is 47.1 Å². The number of hydrogen-bond donors (Lipinski definition) is 0. The van der Waals surface area contributed by atoms with Crippen molar-refractivity contribution in [3.8, 4) is 23.0 Å². The standard InChI is InChI=1S/C46H50N4O6/c1-45(2,3)33-17-13-31(14-18-33)41-47-35(25-29-11-21-37(53-7)39(27-29)55-9)43(51)49(41)23-24-50-42(32-15-19-34(20-16-32)46(4,5)6)48-36(44(50)52)26-30-12-22-38(54-8)40(28-30)56-10/h11-22,25-28H,23-24H2,1-10H3/b35-25-,36-26+. The molecule has 0 aromatic heterocycles. The molecule has 4 aromatic rings. The third-order valence-corrected chi connectivity index (χ3v) is 9.88. The minimum Gasteiger partial charge on any atom is -0.493 e. The number of rotatable bonds is 11. The average Bonchev–Trinajstić information content (AvgIpc) is 3.66. The zero-order chi connectivity index (χ0) is 40.4. The third kappa shape index (κ3) is 8.24. The number of amidine groups is 2. The van der Waals surface area contributed by atoms with Gasteiger partial charge in [0.1, 0.15) is 23.1 Å². The highest BCUT2D eigenvalue weighted by Gasteiger charge is 2.36. The van der Waals surface area contributed by atoms with Crippen molar-refractivity contribution in [2.24, 2.45) is 9.98 Å². The van der Waals surface area contributed by atoms with Crippen LogP contribution in [-0.2, 0) is 20.4 Å². The molecule has 0 N–H and O–H groups in total. The molecule has 0 radical (unpaired) electrons. The van der Waals surface area contributed by atoms with Gasteiger partial charge in [-0.2, -0.15) is 0 Å². The number of methoxy groups -OCH3 is 4. The molecule has 4 aromatic carbocycles. The summed E-state index contributed by atoms with van der Waals surface area (Å²) in [6.07, 6.45) is 3.48. The monoisotopic (exact) mass is 754 g/mol. The predicted molar refractivity (Wildman–Crippen MR) is 222 cm³/mol. The Bertz CT molecular complexity index is 2090. The first kappa shape index (κ1) is 39.5. The quantitative estimate of drug-likeness (QED) is 0.143. The largest absolute Gasteiger partial charge is 0.493 e. The maximum Gasteiger partial charge on any atom is 0.278 e. The Labute approximate surface area is 329 Å². The van der Waals surface area contributed by atoms with Gasteiger partial charge in [-0.15, -0.1) is 0 Å². The highest BCUT2D eigenvalue weighted by atomic mass is 16.5. The number of nitrogens with zero attached hydrogens (tertiary/aromatic N) is 4. The molecule has 0 atom stereocenters. The summed E-state index contributed by atoms with van der Waals surface area (Å²) in [4.78, 5) is 41.7. The summed E-state index contributed by atoms with van der Waals surface area (Å²) in [5.41, 5.74) is 5.78. The van der Waals surface area contributed by atoms with E-state index in [9.17, 15) is 9.59 Å². The summed E-state index contributed by atoms with van der Waals surface area (Å²) < 4.78 is 21.8. The molecule has 2 aliphatic heterocycles. The zero-order valence-corrected chi connectivity index (χ0v) is 33.9. The number of ether oxygens (including phenoxy) is 4. The van der Waals surface area contributed by atoms with Crippen molar-refractivity contribution in [1.29, 1.82) is 0 Å². The Hall–Kier alpha value is -6.16. The second-order valence-corrected chi connectivity index (χ2v) is 15.7. The molecule has 2 amide bonds. The molecule has 0 unspecified atom stereocenters. The summed E-state index contributed by atoms with van der Waals surface area (Å²) in [5, 5.41) is 0. The molecule has 0 aliphatic carbocycles. The van der Waals surface area contributed by atoms with Crippen molar-refractivity contribution in [3.63, 3.8) is 0 Å². The molecule has 10 nitrogen and oxygen atoms in total. The highest BCUT2D eigenvalue weighted by Crippen LogP contribution is 2.33. The number of benzene rings is 4. The van der Waals surface area contributed by atoms with Crippen molar-refractivity contribution in [2.45, 2.75) is 52.4 Å². The Morgan fingerprint density at radius 1 is 0.500 bits per heavy atom. The lowest BCUT2D eigenvalue weighted by molar-refractivity contribution is -0.125. The summed E-state index contributed by atoms with van der Waals surface area (Å²) in [7, 11) is 6.29. The van der Waals surface area contributed by atoms with E-state index in [4.69, 9.17) is 28.9 Å². The molecule has 56 heavy (non-hydrogen) atoms. The van der Waals surface area contributed by atoms with E-state index in [2.05, 4.69) is 65.8 Å². The van der Waals surface area contributed by atoms with Crippen molar-refractivity contribution in [1.82, 2.24) is 9.80 Å². The van der Waals surface area contributed by atoms with Gasteiger partial charge in [0.25, 0.3) is 11.8 Å². The molecule has 0 saturated carbocycles. The van der Waals surface area contributed by atoms with E-state index in [1.165, 1.54) is 0 Å². The maximum absolute atomic E-state index is 14.3. The number of aliphatic imine (C=N–C) groups is 2. The Kier molecular flexibility index (Phi) is 11.2. The lowest BCUT2D eigenvalue weighted by Crippen LogP contribution is -2.42. The first-order chi connectivity index (χ1) is 26.6. The fourth-order valence-electron chi connectivity index (χ4n) is 6.60.